The first-order valence-corrected chi connectivity index (χ1v) is 6.45. The van der Waals surface area contributed by atoms with E-state index in [2.05, 4.69) is 44.4 Å². The summed E-state index contributed by atoms with van der Waals surface area (Å²) in [5.74, 6) is 0.862. The van der Waals surface area contributed by atoms with Gasteiger partial charge in [-0.1, -0.05) is 12.1 Å². The standard InChI is InChI=1S/C14H15BrN2O/c1-16-14(11-7-12(15)9-17-8-11)10-3-5-13(18-2)6-4-10/h3-9,14,16H,1-2H3. The Balaban J connectivity index is 2.32. The largest absolute Gasteiger partial charge is 0.497 e. The number of methoxy groups -OCH3 is 1. The van der Waals surface area contributed by atoms with Crippen molar-refractivity contribution in [2.75, 3.05) is 14.2 Å². The Kier molecular flexibility index (Phi) is 4.33. The highest BCUT2D eigenvalue weighted by atomic mass is 79.9. The van der Waals surface area contributed by atoms with Crippen LogP contribution in [0.25, 0.3) is 0 Å². The van der Waals surface area contributed by atoms with Crippen molar-refractivity contribution in [3.05, 3.63) is 58.3 Å². The third kappa shape index (κ3) is 2.89. The van der Waals surface area contributed by atoms with E-state index in [1.54, 1.807) is 13.3 Å². The number of halogens is 1. The van der Waals surface area contributed by atoms with Crippen LogP contribution in [0.5, 0.6) is 5.75 Å². The van der Waals surface area contributed by atoms with Crippen molar-refractivity contribution in [2.24, 2.45) is 0 Å². The van der Waals surface area contributed by atoms with Crippen LogP contribution in [-0.4, -0.2) is 19.1 Å². The highest BCUT2D eigenvalue weighted by Crippen LogP contribution is 2.24. The summed E-state index contributed by atoms with van der Waals surface area (Å²) in [4.78, 5) is 4.20. The fraction of sp³-hybridized carbons (Fsp3) is 0.214. The molecule has 0 aliphatic rings. The van der Waals surface area contributed by atoms with Crippen molar-refractivity contribution >= 4 is 15.9 Å². The molecule has 1 heterocycles. The Bertz CT molecular complexity index is 513. The monoisotopic (exact) mass is 306 g/mol. The summed E-state index contributed by atoms with van der Waals surface area (Å²) < 4.78 is 6.15. The summed E-state index contributed by atoms with van der Waals surface area (Å²) in [7, 11) is 3.61. The average Bonchev–Trinajstić information content (AvgIpc) is 2.40. The minimum atomic E-state index is 0.126. The molecule has 94 valence electrons. The lowest BCUT2D eigenvalue weighted by Crippen LogP contribution is -2.17. The van der Waals surface area contributed by atoms with Crippen molar-refractivity contribution in [3.63, 3.8) is 0 Å². The van der Waals surface area contributed by atoms with E-state index in [4.69, 9.17) is 4.74 Å². The zero-order chi connectivity index (χ0) is 13.0. The van der Waals surface area contributed by atoms with Gasteiger partial charge in [0.25, 0.3) is 0 Å². The molecule has 2 aromatic rings. The van der Waals surface area contributed by atoms with Gasteiger partial charge in [-0.15, -0.1) is 0 Å². The highest BCUT2D eigenvalue weighted by molar-refractivity contribution is 9.10. The second kappa shape index (κ2) is 5.98. The second-order valence-electron chi connectivity index (χ2n) is 3.93. The molecule has 0 amide bonds. The number of nitrogens with one attached hydrogen (secondary N) is 1. The summed E-state index contributed by atoms with van der Waals surface area (Å²) in [5, 5.41) is 3.30. The summed E-state index contributed by atoms with van der Waals surface area (Å²) in [6.45, 7) is 0. The summed E-state index contributed by atoms with van der Waals surface area (Å²) in [6, 6.07) is 10.2. The second-order valence-corrected chi connectivity index (χ2v) is 4.85. The third-order valence-electron chi connectivity index (χ3n) is 2.80. The Morgan fingerprint density at radius 2 is 1.89 bits per heavy atom. The van der Waals surface area contributed by atoms with Crippen LogP contribution in [0.4, 0.5) is 0 Å². The fourth-order valence-electron chi connectivity index (χ4n) is 1.91. The predicted molar refractivity (Wildman–Crippen MR) is 75.8 cm³/mol. The first-order chi connectivity index (χ1) is 8.74. The molecule has 1 unspecified atom stereocenters. The molecule has 0 saturated heterocycles. The van der Waals surface area contributed by atoms with Crippen molar-refractivity contribution in [1.29, 1.82) is 0 Å². The summed E-state index contributed by atoms with van der Waals surface area (Å²) >= 11 is 3.44. The van der Waals surface area contributed by atoms with Crippen LogP contribution < -0.4 is 10.1 Å². The molecule has 0 spiro atoms. The first kappa shape index (κ1) is 13.1. The molecule has 0 saturated carbocycles. The van der Waals surface area contributed by atoms with Gasteiger partial charge >= 0.3 is 0 Å². The number of aromatic nitrogens is 1. The average molecular weight is 307 g/mol. The van der Waals surface area contributed by atoms with E-state index in [0.29, 0.717) is 0 Å². The van der Waals surface area contributed by atoms with Gasteiger partial charge in [0.1, 0.15) is 5.75 Å². The zero-order valence-corrected chi connectivity index (χ0v) is 11.9. The van der Waals surface area contributed by atoms with Crippen LogP contribution in [0.2, 0.25) is 0 Å². The van der Waals surface area contributed by atoms with E-state index in [1.807, 2.05) is 25.4 Å². The highest BCUT2D eigenvalue weighted by Gasteiger charge is 2.12. The molecule has 18 heavy (non-hydrogen) atoms. The van der Waals surface area contributed by atoms with Gasteiger partial charge in [0.05, 0.1) is 13.2 Å². The lowest BCUT2D eigenvalue weighted by Gasteiger charge is -2.17. The van der Waals surface area contributed by atoms with Crippen molar-refractivity contribution in [1.82, 2.24) is 10.3 Å². The number of pyridine rings is 1. The number of rotatable bonds is 4. The normalized spacial score (nSPS) is 12.2. The molecule has 0 bridgehead atoms. The van der Waals surface area contributed by atoms with Crippen LogP contribution in [0, 0.1) is 0 Å². The Morgan fingerprint density at radius 1 is 1.17 bits per heavy atom. The van der Waals surface area contributed by atoms with E-state index < -0.39 is 0 Å². The van der Waals surface area contributed by atoms with E-state index >= 15 is 0 Å². The van der Waals surface area contributed by atoms with E-state index in [0.717, 1.165) is 15.8 Å². The lowest BCUT2D eigenvalue weighted by molar-refractivity contribution is 0.414. The van der Waals surface area contributed by atoms with Gasteiger partial charge in [-0.2, -0.15) is 0 Å². The molecule has 3 nitrogen and oxygen atoms in total. The molecule has 0 aliphatic carbocycles. The van der Waals surface area contributed by atoms with Crippen LogP contribution in [0.15, 0.2) is 47.2 Å². The van der Waals surface area contributed by atoms with Crippen molar-refractivity contribution < 1.29 is 4.74 Å². The number of ether oxygens (including phenoxy) is 1. The molecule has 2 rings (SSSR count). The molecule has 1 aromatic carbocycles. The van der Waals surface area contributed by atoms with Gasteiger partial charge in [-0.05, 0) is 52.3 Å². The minimum Gasteiger partial charge on any atom is -0.497 e. The predicted octanol–water partition coefficient (Wildman–Crippen LogP) is 3.16. The van der Waals surface area contributed by atoms with E-state index in [9.17, 15) is 0 Å². The quantitative estimate of drug-likeness (QED) is 0.942. The van der Waals surface area contributed by atoms with Crippen LogP contribution in [0.1, 0.15) is 17.2 Å². The maximum atomic E-state index is 5.17. The number of hydrogen-bond donors (Lipinski definition) is 1. The van der Waals surface area contributed by atoms with Crippen LogP contribution in [0.3, 0.4) is 0 Å². The van der Waals surface area contributed by atoms with Gasteiger partial charge < -0.3 is 10.1 Å². The molecule has 1 N–H and O–H groups in total. The lowest BCUT2D eigenvalue weighted by atomic mass is 10.0. The molecule has 0 aliphatic heterocycles. The molecule has 0 radical (unpaired) electrons. The maximum absolute atomic E-state index is 5.17. The van der Waals surface area contributed by atoms with Crippen LogP contribution in [-0.2, 0) is 0 Å². The molecule has 1 aromatic heterocycles. The van der Waals surface area contributed by atoms with Gasteiger partial charge in [0.15, 0.2) is 0 Å². The zero-order valence-electron chi connectivity index (χ0n) is 10.4. The molecular weight excluding hydrogens is 292 g/mol. The molecule has 4 heteroatoms. The minimum absolute atomic E-state index is 0.126. The summed E-state index contributed by atoms with van der Waals surface area (Å²) in [5.41, 5.74) is 2.30. The van der Waals surface area contributed by atoms with E-state index in [1.165, 1.54) is 5.56 Å². The molecule has 0 fully saturated rings. The van der Waals surface area contributed by atoms with E-state index in [-0.39, 0.29) is 6.04 Å². The number of nitrogens with zero attached hydrogens (tertiary/aromatic N) is 1. The Morgan fingerprint density at radius 3 is 2.44 bits per heavy atom. The Hall–Kier alpha value is -1.39. The van der Waals surface area contributed by atoms with Crippen molar-refractivity contribution in [3.8, 4) is 5.75 Å². The molecule has 1 atom stereocenters. The third-order valence-corrected chi connectivity index (χ3v) is 3.23. The maximum Gasteiger partial charge on any atom is 0.118 e. The first-order valence-electron chi connectivity index (χ1n) is 5.66. The van der Waals surface area contributed by atoms with Gasteiger partial charge in [0.2, 0.25) is 0 Å². The van der Waals surface area contributed by atoms with Gasteiger partial charge in [0, 0.05) is 16.9 Å². The van der Waals surface area contributed by atoms with Gasteiger partial charge in [-0.3, -0.25) is 4.98 Å². The Labute approximate surface area is 115 Å². The van der Waals surface area contributed by atoms with Crippen molar-refractivity contribution in [2.45, 2.75) is 6.04 Å². The number of hydrogen-bond acceptors (Lipinski definition) is 3. The fourth-order valence-corrected chi connectivity index (χ4v) is 2.29. The topological polar surface area (TPSA) is 34.1 Å². The molecular formula is C14H15BrN2O. The SMILES string of the molecule is CNC(c1ccc(OC)cc1)c1cncc(Br)c1. The van der Waals surface area contributed by atoms with Crippen LogP contribution >= 0.6 is 15.9 Å². The number of benzene rings is 1. The summed E-state index contributed by atoms with van der Waals surface area (Å²) in [6.07, 6.45) is 3.65. The van der Waals surface area contributed by atoms with Gasteiger partial charge in [-0.25, -0.2) is 0 Å². The smallest absolute Gasteiger partial charge is 0.118 e.